The third kappa shape index (κ3) is 3.96. The molecule has 1 N–H and O–H groups in total. The summed E-state index contributed by atoms with van der Waals surface area (Å²) in [6, 6.07) is 8.24. The molecule has 0 radical (unpaired) electrons. The predicted molar refractivity (Wildman–Crippen MR) is 83.6 cm³/mol. The van der Waals surface area contributed by atoms with Crippen molar-refractivity contribution in [2.24, 2.45) is 0 Å². The molecule has 1 aromatic heterocycles. The SMILES string of the molecule is CCOC(=O)C(c1ccc(C#N)cc1)n1cncc1CCCO. The standard InChI is InChI=1S/C17H19N3O3/c1-2-23-17(22)16(14-7-5-13(10-18)6-8-14)20-12-19-11-15(20)4-3-9-21/h5-8,11-12,16,21H,2-4,9H2,1H3. The van der Waals surface area contributed by atoms with E-state index in [1.807, 2.05) is 0 Å². The monoisotopic (exact) mass is 313 g/mol. The van der Waals surface area contributed by atoms with Gasteiger partial charge < -0.3 is 14.4 Å². The lowest BCUT2D eigenvalue weighted by molar-refractivity contribution is -0.145. The number of aliphatic hydroxyl groups excluding tert-OH is 1. The molecule has 6 nitrogen and oxygen atoms in total. The number of benzene rings is 1. The molecule has 0 aliphatic rings. The minimum Gasteiger partial charge on any atom is -0.464 e. The lowest BCUT2D eigenvalue weighted by Gasteiger charge is -2.20. The Bertz CT molecular complexity index is 686. The van der Waals surface area contributed by atoms with E-state index in [4.69, 9.17) is 15.1 Å². The van der Waals surface area contributed by atoms with Gasteiger partial charge in [-0.25, -0.2) is 9.78 Å². The molecular formula is C17H19N3O3. The molecule has 0 aliphatic heterocycles. The summed E-state index contributed by atoms with van der Waals surface area (Å²) in [5, 5.41) is 17.9. The molecule has 6 heteroatoms. The van der Waals surface area contributed by atoms with Crippen LogP contribution in [-0.4, -0.2) is 33.8 Å². The molecule has 1 aromatic carbocycles. The van der Waals surface area contributed by atoms with Gasteiger partial charge in [-0.15, -0.1) is 0 Å². The van der Waals surface area contributed by atoms with Crippen LogP contribution < -0.4 is 0 Å². The van der Waals surface area contributed by atoms with Crippen molar-refractivity contribution in [3.8, 4) is 6.07 Å². The smallest absolute Gasteiger partial charge is 0.333 e. The lowest BCUT2D eigenvalue weighted by Crippen LogP contribution is -2.24. The highest BCUT2D eigenvalue weighted by Crippen LogP contribution is 2.23. The first-order valence-electron chi connectivity index (χ1n) is 7.49. The number of ether oxygens (including phenoxy) is 1. The first-order chi connectivity index (χ1) is 11.2. The normalized spacial score (nSPS) is 11.7. The van der Waals surface area contributed by atoms with Crippen LogP contribution in [0.1, 0.15) is 36.2 Å². The number of aliphatic hydroxyl groups is 1. The Labute approximate surface area is 135 Å². The number of rotatable bonds is 7. The Morgan fingerprint density at radius 2 is 2.17 bits per heavy atom. The summed E-state index contributed by atoms with van der Waals surface area (Å²) in [6.45, 7) is 2.12. The molecule has 0 aliphatic carbocycles. The minimum atomic E-state index is -0.654. The summed E-state index contributed by atoms with van der Waals surface area (Å²) in [5.41, 5.74) is 2.11. The second-order valence-electron chi connectivity index (χ2n) is 5.01. The molecule has 0 saturated heterocycles. The number of aryl methyl sites for hydroxylation is 1. The molecule has 0 fully saturated rings. The number of imidazole rings is 1. The summed E-state index contributed by atoms with van der Waals surface area (Å²) in [6.07, 6.45) is 4.48. The van der Waals surface area contributed by atoms with Gasteiger partial charge in [0.25, 0.3) is 0 Å². The summed E-state index contributed by atoms with van der Waals surface area (Å²) >= 11 is 0. The van der Waals surface area contributed by atoms with Gasteiger partial charge in [0, 0.05) is 18.5 Å². The van der Waals surface area contributed by atoms with Gasteiger partial charge in [-0.2, -0.15) is 5.26 Å². The fourth-order valence-electron chi connectivity index (χ4n) is 2.39. The van der Waals surface area contributed by atoms with Crippen molar-refractivity contribution in [2.75, 3.05) is 13.2 Å². The van der Waals surface area contributed by atoms with Crippen molar-refractivity contribution < 1.29 is 14.6 Å². The zero-order chi connectivity index (χ0) is 16.7. The van der Waals surface area contributed by atoms with Gasteiger partial charge in [0.1, 0.15) is 0 Å². The Hall–Kier alpha value is -2.65. The molecular weight excluding hydrogens is 294 g/mol. The Balaban J connectivity index is 2.40. The van der Waals surface area contributed by atoms with Crippen molar-refractivity contribution >= 4 is 5.97 Å². The molecule has 23 heavy (non-hydrogen) atoms. The first-order valence-corrected chi connectivity index (χ1v) is 7.49. The second kappa shape index (κ2) is 8.11. The summed E-state index contributed by atoms with van der Waals surface area (Å²) in [4.78, 5) is 16.6. The molecule has 0 spiro atoms. The summed E-state index contributed by atoms with van der Waals surface area (Å²) in [5.74, 6) is -0.375. The zero-order valence-electron chi connectivity index (χ0n) is 13.0. The van der Waals surface area contributed by atoms with Crippen LogP contribution in [0.5, 0.6) is 0 Å². The quantitative estimate of drug-likeness (QED) is 0.788. The Morgan fingerprint density at radius 3 is 2.78 bits per heavy atom. The highest BCUT2D eigenvalue weighted by atomic mass is 16.5. The maximum absolute atomic E-state index is 12.4. The van der Waals surface area contributed by atoms with Crippen LogP contribution in [0.4, 0.5) is 0 Å². The number of hydrogen-bond acceptors (Lipinski definition) is 5. The highest BCUT2D eigenvalue weighted by Gasteiger charge is 2.25. The molecule has 2 rings (SSSR count). The van der Waals surface area contributed by atoms with Crippen LogP contribution in [-0.2, 0) is 16.0 Å². The van der Waals surface area contributed by atoms with E-state index in [9.17, 15) is 4.79 Å². The van der Waals surface area contributed by atoms with E-state index in [-0.39, 0.29) is 19.2 Å². The molecule has 120 valence electrons. The molecule has 1 unspecified atom stereocenters. The highest BCUT2D eigenvalue weighted by molar-refractivity contribution is 5.78. The van der Waals surface area contributed by atoms with E-state index in [2.05, 4.69) is 11.1 Å². The van der Waals surface area contributed by atoms with Gasteiger partial charge in [-0.3, -0.25) is 0 Å². The number of hydrogen-bond donors (Lipinski definition) is 1. The van der Waals surface area contributed by atoms with Gasteiger partial charge in [0.2, 0.25) is 0 Å². The van der Waals surface area contributed by atoms with Crippen LogP contribution in [0.15, 0.2) is 36.8 Å². The zero-order valence-corrected chi connectivity index (χ0v) is 13.0. The van der Waals surface area contributed by atoms with Crippen LogP contribution in [0.25, 0.3) is 0 Å². The number of aromatic nitrogens is 2. The second-order valence-corrected chi connectivity index (χ2v) is 5.01. The van der Waals surface area contributed by atoms with E-state index in [0.29, 0.717) is 18.4 Å². The van der Waals surface area contributed by atoms with Crippen LogP contribution in [0.2, 0.25) is 0 Å². The Morgan fingerprint density at radius 1 is 1.43 bits per heavy atom. The number of nitriles is 1. The third-order valence-electron chi connectivity index (χ3n) is 3.48. The van der Waals surface area contributed by atoms with Crippen LogP contribution in [0, 0.1) is 11.3 Å². The molecule has 0 saturated carbocycles. The van der Waals surface area contributed by atoms with Crippen molar-refractivity contribution in [1.29, 1.82) is 5.26 Å². The van der Waals surface area contributed by atoms with Crippen molar-refractivity contribution in [3.63, 3.8) is 0 Å². The molecule has 1 atom stereocenters. The van der Waals surface area contributed by atoms with Crippen molar-refractivity contribution in [1.82, 2.24) is 9.55 Å². The van der Waals surface area contributed by atoms with E-state index < -0.39 is 6.04 Å². The minimum absolute atomic E-state index is 0.0755. The predicted octanol–water partition coefficient (Wildman–Crippen LogP) is 1.83. The van der Waals surface area contributed by atoms with Crippen LogP contribution >= 0.6 is 0 Å². The fourth-order valence-corrected chi connectivity index (χ4v) is 2.39. The van der Waals surface area contributed by atoms with E-state index >= 15 is 0 Å². The summed E-state index contributed by atoms with van der Waals surface area (Å²) < 4.78 is 6.96. The first kappa shape index (κ1) is 16.7. The van der Waals surface area contributed by atoms with Gasteiger partial charge in [0.15, 0.2) is 6.04 Å². The fraction of sp³-hybridized carbons (Fsp3) is 0.353. The Kier molecular flexibility index (Phi) is 5.89. The third-order valence-corrected chi connectivity index (χ3v) is 3.48. The average Bonchev–Trinajstić information content (AvgIpc) is 3.02. The van der Waals surface area contributed by atoms with Gasteiger partial charge in [-0.1, -0.05) is 12.1 Å². The van der Waals surface area contributed by atoms with E-state index in [0.717, 1.165) is 11.3 Å². The number of nitrogens with zero attached hydrogens (tertiary/aromatic N) is 3. The van der Waals surface area contributed by atoms with Crippen molar-refractivity contribution in [3.05, 3.63) is 53.6 Å². The topological polar surface area (TPSA) is 88.1 Å². The maximum atomic E-state index is 12.4. The van der Waals surface area contributed by atoms with Gasteiger partial charge in [-0.05, 0) is 37.5 Å². The average molecular weight is 313 g/mol. The van der Waals surface area contributed by atoms with Crippen LogP contribution in [0.3, 0.4) is 0 Å². The largest absolute Gasteiger partial charge is 0.464 e. The van der Waals surface area contributed by atoms with Gasteiger partial charge in [0.05, 0.1) is 24.6 Å². The molecule has 2 aromatic rings. The maximum Gasteiger partial charge on any atom is 0.333 e. The number of carbonyl (C=O) groups excluding carboxylic acids is 1. The molecule has 0 amide bonds. The molecule has 1 heterocycles. The van der Waals surface area contributed by atoms with E-state index in [1.54, 1.807) is 48.3 Å². The lowest BCUT2D eigenvalue weighted by atomic mass is 10.0. The van der Waals surface area contributed by atoms with E-state index in [1.165, 1.54) is 0 Å². The molecule has 0 bridgehead atoms. The number of carbonyl (C=O) groups is 1. The van der Waals surface area contributed by atoms with Crippen molar-refractivity contribution in [2.45, 2.75) is 25.8 Å². The number of esters is 1. The van der Waals surface area contributed by atoms with Gasteiger partial charge >= 0.3 is 5.97 Å². The summed E-state index contributed by atoms with van der Waals surface area (Å²) in [7, 11) is 0.